The number of sulfonamides is 1. The van der Waals surface area contributed by atoms with Crippen LogP contribution < -0.4 is 4.72 Å². The van der Waals surface area contributed by atoms with Gasteiger partial charge in [0, 0.05) is 24.7 Å². The lowest BCUT2D eigenvalue weighted by molar-refractivity contribution is 0.0696. The van der Waals surface area contributed by atoms with Gasteiger partial charge in [0.25, 0.3) is 5.91 Å². The highest BCUT2D eigenvalue weighted by atomic mass is 32.2. The third-order valence-corrected chi connectivity index (χ3v) is 6.35. The Hall–Kier alpha value is -1.47. The summed E-state index contributed by atoms with van der Waals surface area (Å²) >= 11 is 0. The van der Waals surface area contributed by atoms with Gasteiger partial charge in [0.05, 0.1) is 0 Å². The first-order chi connectivity index (χ1) is 11.4. The smallest absolute Gasteiger partial charge is 0.253 e. The Kier molecular flexibility index (Phi) is 4.92. The lowest BCUT2D eigenvalue weighted by Crippen LogP contribution is -2.38. The molecule has 0 radical (unpaired) electrons. The van der Waals surface area contributed by atoms with E-state index in [9.17, 15) is 17.6 Å². The molecule has 1 amide bonds. The van der Waals surface area contributed by atoms with Crippen molar-refractivity contribution < 1.29 is 17.6 Å². The average molecular weight is 354 g/mol. The monoisotopic (exact) mass is 354 g/mol. The third-order valence-electron chi connectivity index (χ3n) is 4.81. The predicted octanol–water partition coefficient (Wildman–Crippen LogP) is 2.67. The molecule has 2 saturated carbocycles. The van der Waals surface area contributed by atoms with Crippen molar-refractivity contribution in [3.05, 3.63) is 29.6 Å². The van der Waals surface area contributed by atoms with Crippen molar-refractivity contribution in [2.24, 2.45) is 0 Å². The number of benzene rings is 1. The number of nitrogens with one attached hydrogen (secondary N) is 1. The van der Waals surface area contributed by atoms with E-state index in [1.54, 1.807) is 11.9 Å². The predicted molar refractivity (Wildman–Crippen MR) is 88.7 cm³/mol. The number of hydrogen-bond acceptors (Lipinski definition) is 3. The number of halogens is 1. The first-order valence-electron chi connectivity index (χ1n) is 8.47. The fraction of sp³-hybridized carbons (Fsp3) is 0.588. The zero-order chi connectivity index (χ0) is 17.3. The number of carbonyl (C=O) groups excluding carboxylic acids is 1. The highest BCUT2D eigenvalue weighted by Crippen LogP contribution is 2.26. The number of nitrogens with zero attached hydrogens (tertiary/aromatic N) is 1. The molecule has 2 fully saturated rings. The second kappa shape index (κ2) is 6.80. The maximum atomic E-state index is 14.0. The van der Waals surface area contributed by atoms with Gasteiger partial charge in [-0.3, -0.25) is 4.79 Å². The molecule has 2 aliphatic carbocycles. The first kappa shape index (κ1) is 17.4. The number of amides is 1. The second-order valence-corrected chi connectivity index (χ2v) is 8.43. The van der Waals surface area contributed by atoms with E-state index in [-0.39, 0.29) is 23.6 Å². The molecular weight excluding hydrogens is 331 g/mol. The van der Waals surface area contributed by atoms with Gasteiger partial charge in [-0.2, -0.15) is 0 Å². The van der Waals surface area contributed by atoms with Crippen molar-refractivity contribution in [3.63, 3.8) is 0 Å². The van der Waals surface area contributed by atoms with Gasteiger partial charge in [-0.15, -0.1) is 0 Å². The Labute approximate surface area is 142 Å². The summed E-state index contributed by atoms with van der Waals surface area (Å²) in [6, 6.07) is 3.62. The number of carbonyl (C=O) groups is 1. The zero-order valence-corrected chi connectivity index (χ0v) is 14.6. The van der Waals surface area contributed by atoms with Gasteiger partial charge in [-0.1, -0.05) is 19.3 Å². The van der Waals surface area contributed by atoms with Gasteiger partial charge in [0.1, 0.15) is 10.7 Å². The molecule has 0 saturated heterocycles. The molecule has 0 atom stereocenters. The molecule has 0 unspecified atom stereocenters. The Bertz CT molecular complexity index is 725. The lowest BCUT2D eigenvalue weighted by atomic mass is 9.94. The van der Waals surface area contributed by atoms with E-state index in [0.29, 0.717) is 0 Å². The van der Waals surface area contributed by atoms with Crippen molar-refractivity contribution >= 4 is 15.9 Å². The van der Waals surface area contributed by atoms with Crippen LogP contribution in [0.1, 0.15) is 55.3 Å². The highest BCUT2D eigenvalue weighted by Gasteiger charge is 2.31. The maximum absolute atomic E-state index is 14.0. The van der Waals surface area contributed by atoms with Gasteiger partial charge in [-0.05, 0) is 43.9 Å². The number of rotatable bonds is 5. The zero-order valence-electron chi connectivity index (χ0n) is 13.8. The molecule has 1 aromatic rings. The Morgan fingerprint density at radius 2 is 1.83 bits per heavy atom. The number of hydrogen-bond donors (Lipinski definition) is 1. The van der Waals surface area contributed by atoms with Crippen LogP contribution in [0.25, 0.3) is 0 Å². The van der Waals surface area contributed by atoms with Crippen LogP contribution in [0.15, 0.2) is 23.1 Å². The molecule has 0 aliphatic heterocycles. The Balaban J connectivity index is 1.83. The summed E-state index contributed by atoms with van der Waals surface area (Å²) in [5.41, 5.74) is 0.209. The van der Waals surface area contributed by atoms with Crippen LogP contribution in [0.5, 0.6) is 0 Å². The molecule has 0 aromatic heterocycles. The molecule has 0 heterocycles. The molecular formula is C17H23FN2O3S. The van der Waals surface area contributed by atoms with E-state index >= 15 is 0 Å². The highest BCUT2D eigenvalue weighted by molar-refractivity contribution is 7.89. The lowest BCUT2D eigenvalue weighted by Gasteiger charge is -2.31. The molecule has 5 nitrogen and oxygen atoms in total. The molecule has 1 aromatic carbocycles. The van der Waals surface area contributed by atoms with Gasteiger partial charge >= 0.3 is 0 Å². The summed E-state index contributed by atoms with van der Waals surface area (Å²) in [6.45, 7) is 0. The standard InChI is InChI=1S/C17H23FN2O3S/c1-20(14-5-3-2-4-6-14)17(21)12-7-10-15(18)16(11-12)24(22,23)19-13-8-9-13/h7,10-11,13-14,19H,2-6,8-9H2,1H3. The van der Waals surface area contributed by atoms with Crippen LogP contribution in [0.2, 0.25) is 0 Å². The van der Waals surface area contributed by atoms with Gasteiger partial charge in [-0.25, -0.2) is 17.5 Å². The van der Waals surface area contributed by atoms with Crippen molar-refractivity contribution in [2.75, 3.05) is 7.05 Å². The van der Waals surface area contributed by atoms with Crippen LogP contribution in [0, 0.1) is 5.82 Å². The summed E-state index contributed by atoms with van der Waals surface area (Å²) < 4.78 is 41.0. The van der Waals surface area contributed by atoms with Crippen LogP contribution >= 0.6 is 0 Å². The topological polar surface area (TPSA) is 66.5 Å². The van der Waals surface area contributed by atoms with E-state index in [0.717, 1.165) is 50.7 Å². The second-order valence-electron chi connectivity index (χ2n) is 6.75. The summed E-state index contributed by atoms with van der Waals surface area (Å²) in [7, 11) is -2.20. The normalized spacial score (nSPS) is 19.2. The quantitative estimate of drug-likeness (QED) is 0.884. The van der Waals surface area contributed by atoms with Gasteiger partial charge < -0.3 is 4.90 Å². The largest absolute Gasteiger partial charge is 0.339 e. The van der Waals surface area contributed by atoms with Gasteiger partial charge in [0.15, 0.2) is 0 Å². The molecule has 0 bridgehead atoms. The molecule has 0 spiro atoms. The Morgan fingerprint density at radius 1 is 1.17 bits per heavy atom. The van der Waals surface area contributed by atoms with Crippen molar-refractivity contribution in [3.8, 4) is 0 Å². The molecule has 1 N–H and O–H groups in total. The van der Waals surface area contributed by atoms with E-state index < -0.39 is 20.7 Å². The molecule has 24 heavy (non-hydrogen) atoms. The van der Waals surface area contributed by atoms with Crippen molar-refractivity contribution in [1.29, 1.82) is 0 Å². The SMILES string of the molecule is CN(C(=O)c1ccc(F)c(S(=O)(=O)NC2CC2)c1)C1CCCCC1. The summed E-state index contributed by atoms with van der Waals surface area (Å²) in [6.07, 6.45) is 6.82. The summed E-state index contributed by atoms with van der Waals surface area (Å²) in [4.78, 5) is 13.9. The average Bonchev–Trinajstić information content (AvgIpc) is 3.38. The molecule has 7 heteroatoms. The minimum absolute atomic E-state index is 0.112. The summed E-state index contributed by atoms with van der Waals surface area (Å²) in [5.74, 6) is -1.09. The van der Waals surface area contributed by atoms with Crippen LogP contribution in [0.4, 0.5) is 4.39 Å². The molecule has 2 aliphatic rings. The Morgan fingerprint density at radius 3 is 2.46 bits per heavy atom. The molecule has 3 rings (SSSR count). The molecule has 132 valence electrons. The van der Waals surface area contributed by atoms with E-state index in [4.69, 9.17) is 0 Å². The van der Waals surface area contributed by atoms with Gasteiger partial charge in [0.2, 0.25) is 10.0 Å². The van der Waals surface area contributed by atoms with Crippen molar-refractivity contribution in [2.45, 2.75) is 61.9 Å². The minimum atomic E-state index is -3.93. The first-order valence-corrected chi connectivity index (χ1v) is 9.96. The fourth-order valence-corrected chi connectivity index (χ4v) is 4.57. The van der Waals surface area contributed by atoms with Crippen LogP contribution in [0.3, 0.4) is 0 Å². The van der Waals surface area contributed by atoms with E-state index in [1.165, 1.54) is 12.5 Å². The van der Waals surface area contributed by atoms with Crippen LogP contribution in [-0.2, 0) is 10.0 Å². The van der Waals surface area contributed by atoms with E-state index in [2.05, 4.69) is 4.72 Å². The minimum Gasteiger partial charge on any atom is -0.339 e. The van der Waals surface area contributed by atoms with Crippen LogP contribution in [-0.4, -0.2) is 38.4 Å². The maximum Gasteiger partial charge on any atom is 0.253 e. The fourth-order valence-electron chi connectivity index (χ4n) is 3.16. The summed E-state index contributed by atoms with van der Waals surface area (Å²) in [5, 5.41) is 0. The third kappa shape index (κ3) is 3.78. The van der Waals surface area contributed by atoms with E-state index in [1.807, 2.05) is 0 Å². The van der Waals surface area contributed by atoms with Crippen molar-refractivity contribution in [1.82, 2.24) is 9.62 Å².